The van der Waals surface area contributed by atoms with Gasteiger partial charge in [0.05, 0.1) is 17.7 Å². The Bertz CT molecular complexity index is 1050. The van der Waals surface area contributed by atoms with Crippen LogP contribution in [-0.2, 0) is 24.3 Å². The summed E-state index contributed by atoms with van der Waals surface area (Å²) < 4.78 is 0. The van der Waals surface area contributed by atoms with Crippen molar-refractivity contribution in [1.82, 2.24) is 20.2 Å². The van der Waals surface area contributed by atoms with Crippen molar-refractivity contribution in [3.8, 4) is 6.07 Å². The quantitative estimate of drug-likeness (QED) is 0.614. The fraction of sp³-hybridized carbons (Fsp3) is 0.261. The van der Waals surface area contributed by atoms with E-state index in [1.807, 2.05) is 54.7 Å². The Morgan fingerprint density at radius 2 is 1.83 bits per heavy atom. The van der Waals surface area contributed by atoms with Crippen LogP contribution in [0.4, 0.5) is 0 Å². The summed E-state index contributed by atoms with van der Waals surface area (Å²) in [7, 11) is 0. The minimum absolute atomic E-state index is 0.0706. The smallest absolute Gasteiger partial charge is 0.237 e. The van der Waals surface area contributed by atoms with Gasteiger partial charge in [0.25, 0.3) is 0 Å². The molecular weight excluding hydrogens is 398 g/mol. The standard InChI is InChI=1S/C23H22ClN5O/c24-19-7-5-18(6-8-19)14-29(21-9-10-26-23(21)30)15-20-13-27-22(28-20)11-16-1-3-17(12-25)4-2-16/h1-8,13,21H,9-11,14-15H2,(H,26,30)(H,27,28). The molecule has 2 heterocycles. The fourth-order valence-electron chi connectivity index (χ4n) is 3.72. The van der Waals surface area contributed by atoms with Gasteiger partial charge in [-0.25, -0.2) is 4.98 Å². The molecule has 0 spiro atoms. The second-order valence-electron chi connectivity index (χ2n) is 7.47. The molecule has 3 aromatic rings. The second kappa shape index (κ2) is 9.12. The van der Waals surface area contributed by atoms with Crippen molar-refractivity contribution in [2.45, 2.75) is 32.0 Å². The maximum Gasteiger partial charge on any atom is 0.237 e. The first-order valence-corrected chi connectivity index (χ1v) is 10.3. The average molecular weight is 420 g/mol. The number of benzene rings is 2. The number of hydrogen-bond acceptors (Lipinski definition) is 4. The van der Waals surface area contributed by atoms with Gasteiger partial charge < -0.3 is 10.3 Å². The number of nitrogens with zero attached hydrogens (tertiary/aromatic N) is 3. The van der Waals surface area contributed by atoms with Gasteiger partial charge in [-0.1, -0.05) is 35.9 Å². The predicted octanol–water partition coefficient (Wildman–Crippen LogP) is 3.42. The van der Waals surface area contributed by atoms with Crippen LogP contribution in [0.3, 0.4) is 0 Å². The molecule has 2 aromatic carbocycles. The topological polar surface area (TPSA) is 84.8 Å². The van der Waals surface area contributed by atoms with Gasteiger partial charge >= 0.3 is 0 Å². The average Bonchev–Trinajstić information content (AvgIpc) is 3.38. The van der Waals surface area contributed by atoms with E-state index in [1.165, 1.54) is 0 Å². The zero-order chi connectivity index (χ0) is 20.9. The number of nitriles is 1. The molecule has 2 N–H and O–H groups in total. The SMILES string of the molecule is N#Cc1ccc(Cc2ncc(CN(Cc3ccc(Cl)cc3)C3CCNC3=O)[nH]2)cc1. The summed E-state index contributed by atoms with van der Waals surface area (Å²) in [6.45, 7) is 1.95. The van der Waals surface area contributed by atoms with E-state index in [0.29, 0.717) is 36.6 Å². The maximum absolute atomic E-state index is 12.3. The van der Waals surface area contributed by atoms with E-state index in [2.05, 4.69) is 26.3 Å². The summed E-state index contributed by atoms with van der Waals surface area (Å²) in [4.78, 5) is 22.4. The van der Waals surface area contributed by atoms with Crippen LogP contribution in [0.5, 0.6) is 0 Å². The van der Waals surface area contributed by atoms with Crippen molar-refractivity contribution in [3.63, 3.8) is 0 Å². The second-order valence-corrected chi connectivity index (χ2v) is 7.90. The first-order valence-electron chi connectivity index (χ1n) is 9.89. The molecule has 0 aliphatic carbocycles. The molecule has 1 unspecified atom stereocenters. The highest BCUT2D eigenvalue weighted by atomic mass is 35.5. The van der Waals surface area contributed by atoms with Crippen molar-refractivity contribution >= 4 is 17.5 Å². The van der Waals surface area contributed by atoms with Gasteiger partial charge in [-0.2, -0.15) is 5.26 Å². The number of aromatic amines is 1. The van der Waals surface area contributed by atoms with Gasteiger partial charge in [-0.15, -0.1) is 0 Å². The molecule has 1 atom stereocenters. The minimum atomic E-state index is -0.161. The summed E-state index contributed by atoms with van der Waals surface area (Å²) in [5, 5.41) is 12.6. The third-order valence-electron chi connectivity index (χ3n) is 5.27. The van der Waals surface area contributed by atoms with Crippen LogP contribution in [0, 0.1) is 11.3 Å². The zero-order valence-corrected chi connectivity index (χ0v) is 17.2. The van der Waals surface area contributed by atoms with Crippen LogP contribution in [0.2, 0.25) is 5.02 Å². The third-order valence-corrected chi connectivity index (χ3v) is 5.52. The molecule has 4 rings (SSSR count). The molecule has 1 aliphatic rings. The molecule has 7 heteroatoms. The van der Waals surface area contributed by atoms with Gasteiger partial charge in [0.1, 0.15) is 5.82 Å². The number of carbonyl (C=O) groups is 1. The molecule has 6 nitrogen and oxygen atoms in total. The Labute approximate surface area is 180 Å². The van der Waals surface area contributed by atoms with Crippen molar-refractivity contribution in [3.05, 3.63) is 88.0 Å². The van der Waals surface area contributed by atoms with Crippen molar-refractivity contribution in [1.29, 1.82) is 5.26 Å². The van der Waals surface area contributed by atoms with E-state index in [4.69, 9.17) is 16.9 Å². The Hall–Kier alpha value is -3.14. The van der Waals surface area contributed by atoms with Crippen LogP contribution >= 0.6 is 11.6 Å². The number of amides is 1. The van der Waals surface area contributed by atoms with E-state index in [-0.39, 0.29) is 11.9 Å². The number of halogens is 1. The molecule has 0 saturated carbocycles. The highest BCUT2D eigenvalue weighted by Crippen LogP contribution is 2.19. The molecule has 152 valence electrons. The molecule has 1 aromatic heterocycles. The van der Waals surface area contributed by atoms with E-state index in [1.54, 1.807) is 0 Å². The summed E-state index contributed by atoms with van der Waals surface area (Å²) >= 11 is 6.01. The van der Waals surface area contributed by atoms with Gasteiger partial charge in [0.15, 0.2) is 0 Å². The summed E-state index contributed by atoms with van der Waals surface area (Å²) in [5.74, 6) is 0.929. The summed E-state index contributed by atoms with van der Waals surface area (Å²) in [6, 6.07) is 17.2. The molecule has 0 radical (unpaired) electrons. The third kappa shape index (κ3) is 4.88. The van der Waals surface area contributed by atoms with Crippen LogP contribution in [0.1, 0.15) is 34.6 Å². The summed E-state index contributed by atoms with van der Waals surface area (Å²) in [5.41, 5.74) is 3.80. The number of imidazole rings is 1. The lowest BCUT2D eigenvalue weighted by atomic mass is 10.1. The van der Waals surface area contributed by atoms with E-state index in [9.17, 15) is 4.79 Å². The molecule has 0 bridgehead atoms. The van der Waals surface area contributed by atoms with Crippen molar-refractivity contribution in [2.24, 2.45) is 0 Å². The van der Waals surface area contributed by atoms with Crippen LogP contribution in [0.25, 0.3) is 0 Å². The lowest BCUT2D eigenvalue weighted by Gasteiger charge is -2.26. The molecular formula is C23H22ClN5O. The molecule has 30 heavy (non-hydrogen) atoms. The lowest BCUT2D eigenvalue weighted by Crippen LogP contribution is -2.39. The Kier molecular flexibility index (Phi) is 6.12. The predicted molar refractivity (Wildman–Crippen MR) is 115 cm³/mol. The number of nitrogens with one attached hydrogen (secondary N) is 2. The van der Waals surface area contributed by atoms with Gasteiger partial charge in [-0.3, -0.25) is 9.69 Å². The monoisotopic (exact) mass is 419 g/mol. The number of aromatic nitrogens is 2. The maximum atomic E-state index is 12.3. The van der Waals surface area contributed by atoms with Gasteiger partial charge in [0, 0.05) is 43.0 Å². The van der Waals surface area contributed by atoms with Crippen molar-refractivity contribution in [2.75, 3.05) is 6.54 Å². The van der Waals surface area contributed by atoms with E-state index < -0.39 is 0 Å². The molecule has 1 aliphatic heterocycles. The zero-order valence-electron chi connectivity index (χ0n) is 16.4. The number of carbonyl (C=O) groups excluding carboxylic acids is 1. The fourth-order valence-corrected chi connectivity index (χ4v) is 3.84. The van der Waals surface area contributed by atoms with Crippen LogP contribution in [0.15, 0.2) is 54.7 Å². The van der Waals surface area contributed by atoms with E-state index in [0.717, 1.165) is 29.1 Å². The largest absolute Gasteiger partial charge is 0.355 e. The highest BCUT2D eigenvalue weighted by Gasteiger charge is 2.30. The Balaban J connectivity index is 1.47. The number of rotatable bonds is 7. The molecule has 1 saturated heterocycles. The van der Waals surface area contributed by atoms with E-state index >= 15 is 0 Å². The Morgan fingerprint density at radius 3 is 2.50 bits per heavy atom. The Morgan fingerprint density at radius 1 is 1.10 bits per heavy atom. The highest BCUT2D eigenvalue weighted by molar-refractivity contribution is 6.30. The van der Waals surface area contributed by atoms with Gasteiger partial charge in [-0.05, 0) is 41.8 Å². The van der Waals surface area contributed by atoms with Crippen molar-refractivity contribution < 1.29 is 4.79 Å². The number of H-pyrrole nitrogens is 1. The summed E-state index contributed by atoms with van der Waals surface area (Å²) in [6.07, 6.45) is 3.28. The normalized spacial score (nSPS) is 15.9. The van der Waals surface area contributed by atoms with Gasteiger partial charge in [0.2, 0.25) is 5.91 Å². The molecule has 1 fully saturated rings. The van der Waals surface area contributed by atoms with Crippen LogP contribution in [-0.4, -0.2) is 33.4 Å². The first-order chi connectivity index (χ1) is 14.6. The number of hydrogen-bond donors (Lipinski definition) is 2. The minimum Gasteiger partial charge on any atom is -0.355 e. The lowest BCUT2D eigenvalue weighted by molar-refractivity contribution is -0.124. The first kappa shape index (κ1) is 20.1. The molecule has 1 amide bonds. The van der Waals surface area contributed by atoms with Crippen LogP contribution < -0.4 is 5.32 Å².